The molecular weight excluding hydrogens is 276 g/mol. The van der Waals surface area contributed by atoms with Crippen molar-refractivity contribution >= 4 is 15.7 Å². The summed E-state index contributed by atoms with van der Waals surface area (Å²) >= 11 is 0. The molecule has 0 spiro atoms. The molecule has 0 aliphatic carbocycles. The topological polar surface area (TPSA) is 90.0 Å². The summed E-state index contributed by atoms with van der Waals surface area (Å²) in [6.07, 6.45) is 3.74. The second kappa shape index (κ2) is 5.64. The van der Waals surface area contributed by atoms with Gasteiger partial charge in [-0.1, -0.05) is 6.07 Å². The van der Waals surface area contributed by atoms with Crippen LogP contribution in [0.4, 0.5) is 5.69 Å². The lowest BCUT2D eigenvalue weighted by atomic mass is 10.2. The first-order valence-corrected chi connectivity index (χ1v) is 7.83. The predicted molar refractivity (Wildman–Crippen MR) is 77.8 cm³/mol. The summed E-state index contributed by atoms with van der Waals surface area (Å²) in [7, 11) is -3.68. The minimum atomic E-state index is -3.68. The van der Waals surface area contributed by atoms with E-state index < -0.39 is 10.0 Å². The molecule has 1 aromatic carbocycles. The van der Waals surface area contributed by atoms with Gasteiger partial charge in [0.15, 0.2) is 0 Å². The first-order chi connectivity index (χ1) is 9.40. The first-order valence-electron chi connectivity index (χ1n) is 6.29. The Morgan fingerprint density at radius 3 is 2.75 bits per heavy atom. The summed E-state index contributed by atoms with van der Waals surface area (Å²) in [4.78, 5) is 0.106. The van der Waals surface area contributed by atoms with Crippen LogP contribution in [0, 0.1) is 6.92 Å². The van der Waals surface area contributed by atoms with Gasteiger partial charge in [-0.3, -0.25) is 4.68 Å². The molecule has 0 fully saturated rings. The Labute approximate surface area is 118 Å². The van der Waals surface area contributed by atoms with Gasteiger partial charge >= 0.3 is 0 Å². The maximum atomic E-state index is 11.3. The Morgan fingerprint density at radius 2 is 2.15 bits per heavy atom. The van der Waals surface area contributed by atoms with Gasteiger partial charge < -0.3 is 5.32 Å². The van der Waals surface area contributed by atoms with E-state index in [2.05, 4.69) is 10.4 Å². The number of primary sulfonamides is 1. The summed E-state index contributed by atoms with van der Waals surface area (Å²) in [6.45, 7) is 5.32. The number of aryl methyl sites for hydroxylation is 2. The number of sulfonamides is 1. The number of aromatic nitrogens is 2. The average molecular weight is 294 g/mol. The van der Waals surface area contributed by atoms with E-state index in [1.54, 1.807) is 18.3 Å². The lowest BCUT2D eigenvalue weighted by molar-refractivity contribution is 0.598. The van der Waals surface area contributed by atoms with Gasteiger partial charge in [-0.15, -0.1) is 0 Å². The molecular formula is C13H18N4O2S. The third-order valence-electron chi connectivity index (χ3n) is 3.03. The highest BCUT2D eigenvalue weighted by atomic mass is 32.2. The van der Waals surface area contributed by atoms with Crippen LogP contribution in [-0.2, 0) is 23.1 Å². The molecule has 0 atom stereocenters. The van der Waals surface area contributed by atoms with Crippen LogP contribution in [-0.4, -0.2) is 18.2 Å². The van der Waals surface area contributed by atoms with Crippen LogP contribution in [0.5, 0.6) is 0 Å². The van der Waals surface area contributed by atoms with Crippen LogP contribution < -0.4 is 10.5 Å². The van der Waals surface area contributed by atoms with Gasteiger partial charge in [0.1, 0.15) is 0 Å². The zero-order chi connectivity index (χ0) is 14.8. The van der Waals surface area contributed by atoms with Crippen molar-refractivity contribution in [2.75, 3.05) is 5.32 Å². The molecule has 2 rings (SSSR count). The van der Waals surface area contributed by atoms with E-state index in [1.165, 1.54) is 6.07 Å². The van der Waals surface area contributed by atoms with Crippen molar-refractivity contribution in [1.82, 2.24) is 9.78 Å². The van der Waals surface area contributed by atoms with Crippen LogP contribution in [0.25, 0.3) is 0 Å². The Balaban J connectivity index is 2.16. The molecule has 0 radical (unpaired) electrons. The second-order valence-electron chi connectivity index (χ2n) is 4.58. The van der Waals surface area contributed by atoms with Crippen LogP contribution in [0.2, 0.25) is 0 Å². The monoisotopic (exact) mass is 294 g/mol. The predicted octanol–water partition coefficient (Wildman–Crippen LogP) is 1.47. The fraction of sp³-hybridized carbons (Fsp3) is 0.308. The maximum absolute atomic E-state index is 11.3. The number of rotatable bonds is 5. The highest BCUT2D eigenvalue weighted by molar-refractivity contribution is 7.89. The number of hydrogen-bond acceptors (Lipinski definition) is 4. The quantitative estimate of drug-likeness (QED) is 0.873. The highest BCUT2D eigenvalue weighted by Gasteiger charge is 2.10. The average Bonchev–Trinajstić information content (AvgIpc) is 2.84. The van der Waals surface area contributed by atoms with Crippen LogP contribution >= 0.6 is 0 Å². The zero-order valence-corrected chi connectivity index (χ0v) is 12.3. The van der Waals surface area contributed by atoms with Crippen molar-refractivity contribution < 1.29 is 8.42 Å². The fourth-order valence-corrected chi connectivity index (χ4v) is 2.38. The molecule has 0 aliphatic rings. The molecule has 6 nitrogen and oxygen atoms in total. The Hall–Kier alpha value is -1.86. The maximum Gasteiger partial charge on any atom is 0.238 e. The van der Waals surface area contributed by atoms with Crippen molar-refractivity contribution in [1.29, 1.82) is 0 Å². The molecule has 0 saturated heterocycles. The van der Waals surface area contributed by atoms with Gasteiger partial charge in [-0.25, -0.2) is 13.6 Å². The smallest absolute Gasteiger partial charge is 0.238 e. The third-order valence-corrected chi connectivity index (χ3v) is 3.94. The fourth-order valence-electron chi connectivity index (χ4n) is 1.84. The van der Waals surface area contributed by atoms with Crippen LogP contribution in [0.15, 0.2) is 35.5 Å². The molecule has 0 unspecified atom stereocenters. The van der Waals surface area contributed by atoms with E-state index in [-0.39, 0.29) is 4.90 Å². The van der Waals surface area contributed by atoms with Crippen molar-refractivity contribution in [3.05, 3.63) is 41.7 Å². The van der Waals surface area contributed by atoms with Crippen LogP contribution in [0.1, 0.15) is 18.1 Å². The molecule has 7 heteroatoms. The standard InChI is InChI=1S/C13H18N4O2S/c1-3-17-9-11(8-16-17)7-15-13-6-12(20(14,18)19)5-4-10(13)2/h4-6,8-9,15H,3,7H2,1-2H3,(H2,14,18,19). The summed E-state index contributed by atoms with van der Waals surface area (Å²) in [5.41, 5.74) is 2.74. The Kier molecular flexibility index (Phi) is 4.10. The number of benzene rings is 1. The second-order valence-corrected chi connectivity index (χ2v) is 6.14. The van der Waals surface area contributed by atoms with Gasteiger partial charge in [0.2, 0.25) is 10.0 Å². The van der Waals surface area contributed by atoms with Crippen molar-refractivity contribution in [2.45, 2.75) is 31.8 Å². The molecule has 2 aromatic rings. The van der Waals surface area contributed by atoms with E-state index in [4.69, 9.17) is 5.14 Å². The molecule has 0 amide bonds. The Morgan fingerprint density at radius 1 is 1.40 bits per heavy atom. The molecule has 20 heavy (non-hydrogen) atoms. The van der Waals surface area contributed by atoms with Gasteiger partial charge in [0, 0.05) is 30.5 Å². The largest absolute Gasteiger partial charge is 0.381 e. The minimum absolute atomic E-state index is 0.106. The van der Waals surface area contributed by atoms with Gasteiger partial charge in [-0.2, -0.15) is 5.10 Å². The molecule has 0 aliphatic heterocycles. The number of hydrogen-bond donors (Lipinski definition) is 2. The zero-order valence-electron chi connectivity index (χ0n) is 11.5. The van der Waals surface area contributed by atoms with E-state index in [1.807, 2.05) is 24.7 Å². The Bertz CT molecular complexity index is 707. The summed E-state index contributed by atoms with van der Waals surface area (Å²) in [5, 5.41) is 12.5. The van der Waals surface area contributed by atoms with E-state index in [9.17, 15) is 8.42 Å². The summed E-state index contributed by atoms with van der Waals surface area (Å²) in [5.74, 6) is 0. The highest BCUT2D eigenvalue weighted by Crippen LogP contribution is 2.20. The normalized spacial score (nSPS) is 11.6. The van der Waals surface area contributed by atoms with Gasteiger partial charge in [-0.05, 0) is 31.5 Å². The molecule has 0 bridgehead atoms. The molecule has 3 N–H and O–H groups in total. The molecule has 0 saturated carbocycles. The number of nitrogens with one attached hydrogen (secondary N) is 1. The number of anilines is 1. The van der Waals surface area contributed by atoms with Gasteiger partial charge in [0.25, 0.3) is 0 Å². The lowest BCUT2D eigenvalue weighted by Gasteiger charge is -2.10. The number of nitrogens with two attached hydrogens (primary N) is 1. The van der Waals surface area contributed by atoms with E-state index in [0.717, 1.165) is 23.4 Å². The molecule has 1 heterocycles. The number of nitrogens with zero attached hydrogens (tertiary/aromatic N) is 2. The lowest BCUT2D eigenvalue weighted by Crippen LogP contribution is -2.12. The van der Waals surface area contributed by atoms with Crippen molar-refractivity contribution in [2.24, 2.45) is 5.14 Å². The van der Waals surface area contributed by atoms with E-state index >= 15 is 0 Å². The summed E-state index contributed by atoms with van der Waals surface area (Å²) < 4.78 is 24.5. The van der Waals surface area contributed by atoms with Crippen LogP contribution in [0.3, 0.4) is 0 Å². The molecule has 108 valence electrons. The summed E-state index contributed by atoms with van der Waals surface area (Å²) in [6, 6.07) is 4.79. The third kappa shape index (κ3) is 3.37. The van der Waals surface area contributed by atoms with E-state index in [0.29, 0.717) is 6.54 Å². The minimum Gasteiger partial charge on any atom is -0.381 e. The van der Waals surface area contributed by atoms with Gasteiger partial charge in [0.05, 0.1) is 11.1 Å². The SMILES string of the molecule is CCn1cc(CNc2cc(S(N)(=O)=O)ccc2C)cn1. The van der Waals surface area contributed by atoms with Crippen molar-refractivity contribution in [3.63, 3.8) is 0 Å². The molecule has 1 aromatic heterocycles. The van der Waals surface area contributed by atoms with Crippen molar-refractivity contribution in [3.8, 4) is 0 Å². The first kappa shape index (κ1) is 14.5.